The summed E-state index contributed by atoms with van der Waals surface area (Å²) in [5, 5.41) is 10.3. The highest BCUT2D eigenvalue weighted by atomic mass is 19.4. The highest BCUT2D eigenvalue weighted by molar-refractivity contribution is 5.91. The van der Waals surface area contributed by atoms with Crippen molar-refractivity contribution in [1.29, 1.82) is 0 Å². The van der Waals surface area contributed by atoms with Gasteiger partial charge in [0.1, 0.15) is 11.9 Å². The maximum absolute atomic E-state index is 14.7. The molecule has 0 bridgehead atoms. The van der Waals surface area contributed by atoms with Gasteiger partial charge in [0, 0.05) is 60.1 Å². The lowest BCUT2D eigenvalue weighted by atomic mass is 9.99. The van der Waals surface area contributed by atoms with Gasteiger partial charge in [-0.05, 0) is 62.2 Å². The van der Waals surface area contributed by atoms with E-state index in [4.69, 9.17) is 4.74 Å². The first-order chi connectivity index (χ1) is 18.8. The van der Waals surface area contributed by atoms with Crippen LogP contribution in [-0.2, 0) is 12.6 Å². The number of hydrogen-bond acceptors (Lipinski definition) is 7. The maximum Gasteiger partial charge on any atom is 0.435 e. The Bertz CT molecular complexity index is 1510. The zero-order valence-corrected chi connectivity index (χ0v) is 21.0. The van der Waals surface area contributed by atoms with E-state index in [1.54, 1.807) is 18.6 Å². The number of nitrogens with zero attached hydrogens (tertiary/aromatic N) is 5. The van der Waals surface area contributed by atoms with Crippen LogP contribution in [0.3, 0.4) is 0 Å². The van der Waals surface area contributed by atoms with Crippen LogP contribution in [-0.4, -0.2) is 50.5 Å². The molecule has 39 heavy (non-hydrogen) atoms. The van der Waals surface area contributed by atoms with Crippen LogP contribution in [0.25, 0.3) is 27.9 Å². The van der Waals surface area contributed by atoms with Gasteiger partial charge in [0.2, 0.25) is 0 Å². The number of rotatable bonds is 6. The fraction of sp³-hybridized carbons (Fsp3) is 0.333. The maximum atomic E-state index is 14.7. The third-order valence-electron chi connectivity index (χ3n) is 6.93. The van der Waals surface area contributed by atoms with E-state index >= 15 is 0 Å². The zero-order chi connectivity index (χ0) is 27.1. The number of ether oxygens (including phenoxy) is 1. The Morgan fingerprint density at radius 3 is 2.54 bits per heavy atom. The second-order valence-electron chi connectivity index (χ2n) is 9.49. The van der Waals surface area contributed by atoms with E-state index in [0.29, 0.717) is 52.3 Å². The van der Waals surface area contributed by atoms with Gasteiger partial charge in [-0.3, -0.25) is 4.98 Å². The van der Waals surface area contributed by atoms with Gasteiger partial charge in [-0.25, -0.2) is 19.0 Å². The van der Waals surface area contributed by atoms with Crippen LogP contribution in [0, 0.1) is 5.82 Å². The Hall–Kier alpha value is -4.06. The summed E-state index contributed by atoms with van der Waals surface area (Å²) in [5.74, 6) is -0.465. The molecule has 202 valence electrons. The van der Waals surface area contributed by atoms with E-state index in [9.17, 15) is 17.6 Å². The molecule has 6 rings (SSSR count). The summed E-state index contributed by atoms with van der Waals surface area (Å²) in [6, 6.07) is 3.94. The van der Waals surface area contributed by atoms with E-state index in [1.807, 2.05) is 6.92 Å². The monoisotopic (exact) mass is 539 g/mol. The molecule has 0 saturated carbocycles. The molecule has 0 amide bonds. The van der Waals surface area contributed by atoms with Gasteiger partial charge in [-0.2, -0.15) is 18.3 Å². The highest BCUT2D eigenvalue weighted by Gasteiger charge is 2.35. The molecule has 2 N–H and O–H groups in total. The first kappa shape index (κ1) is 25.2. The average Bonchev–Trinajstić information content (AvgIpc) is 3.55. The second kappa shape index (κ2) is 9.92. The summed E-state index contributed by atoms with van der Waals surface area (Å²) in [5.41, 5.74) is 3.42. The number of alkyl halides is 3. The van der Waals surface area contributed by atoms with Crippen molar-refractivity contribution < 1.29 is 22.3 Å². The number of aromatic nitrogens is 5. The minimum atomic E-state index is -4.62. The van der Waals surface area contributed by atoms with Gasteiger partial charge < -0.3 is 15.4 Å². The third-order valence-corrected chi connectivity index (χ3v) is 6.93. The molecule has 0 spiro atoms. The van der Waals surface area contributed by atoms with Crippen molar-refractivity contribution in [2.45, 2.75) is 38.5 Å². The molecule has 4 aromatic rings. The van der Waals surface area contributed by atoms with E-state index in [1.165, 1.54) is 23.0 Å². The minimum Gasteiger partial charge on any atom is -0.460 e. The van der Waals surface area contributed by atoms with E-state index in [-0.39, 0.29) is 12.1 Å². The predicted molar refractivity (Wildman–Crippen MR) is 136 cm³/mol. The van der Waals surface area contributed by atoms with Crippen molar-refractivity contribution in [3.8, 4) is 34.0 Å². The Balaban J connectivity index is 1.48. The van der Waals surface area contributed by atoms with Crippen LogP contribution < -0.4 is 15.4 Å². The molecule has 8 nitrogen and oxygen atoms in total. The second-order valence-corrected chi connectivity index (χ2v) is 9.49. The van der Waals surface area contributed by atoms with Gasteiger partial charge >= 0.3 is 12.2 Å². The number of fused-ring (bicyclic) bond motifs is 3. The number of hydrogen-bond donors (Lipinski definition) is 2. The molecule has 4 heterocycles. The van der Waals surface area contributed by atoms with E-state index in [0.717, 1.165) is 37.6 Å². The fourth-order valence-corrected chi connectivity index (χ4v) is 5.15. The third kappa shape index (κ3) is 4.80. The number of halogens is 4. The summed E-state index contributed by atoms with van der Waals surface area (Å²) in [7, 11) is 0. The zero-order valence-electron chi connectivity index (χ0n) is 21.0. The fourth-order valence-electron chi connectivity index (χ4n) is 5.15. The summed E-state index contributed by atoms with van der Waals surface area (Å²) >= 11 is 0. The average molecular weight is 540 g/mol. The smallest absolute Gasteiger partial charge is 0.435 e. The number of anilines is 1. The number of piperidine rings is 1. The lowest BCUT2D eigenvalue weighted by Crippen LogP contribution is -2.34. The Kier molecular flexibility index (Phi) is 6.42. The SMILES string of the molecule is CCNc1cc(F)cc2c1Cc1ncc(-c3cnc(OC4CCNCC4)nc3)c(-n3ccc(C(F)(F)F)n3)c1-2. The van der Waals surface area contributed by atoms with Gasteiger partial charge in [0.25, 0.3) is 0 Å². The van der Waals surface area contributed by atoms with Gasteiger partial charge in [-0.1, -0.05) is 0 Å². The van der Waals surface area contributed by atoms with Gasteiger partial charge in [0.05, 0.1) is 11.4 Å². The van der Waals surface area contributed by atoms with Crippen molar-refractivity contribution in [3.05, 3.63) is 65.8 Å². The first-order valence-electron chi connectivity index (χ1n) is 12.7. The van der Waals surface area contributed by atoms with Gasteiger partial charge in [-0.15, -0.1) is 0 Å². The van der Waals surface area contributed by atoms with E-state index in [2.05, 4.69) is 30.7 Å². The highest BCUT2D eigenvalue weighted by Crippen LogP contribution is 2.46. The molecule has 1 saturated heterocycles. The van der Waals surface area contributed by atoms with Crippen LogP contribution >= 0.6 is 0 Å². The van der Waals surface area contributed by atoms with Crippen molar-refractivity contribution in [1.82, 2.24) is 30.0 Å². The lowest BCUT2D eigenvalue weighted by Gasteiger charge is -2.22. The van der Waals surface area contributed by atoms with Crippen molar-refractivity contribution in [2.24, 2.45) is 0 Å². The van der Waals surface area contributed by atoms with Gasteiger partial charge in [0.15, 0.2) is 5.69 Å². The molecule has 0 unspecified atom stereocenters. The molecule has 12 heteroatoms. The van der Waals surface area contributed by atoms with Crippen molar-refractivity contribution in [2.75, 3.05) is 25.0 Å². The minimum absolute atomic E-state index is 0.0107. The molecule has 1 fully saturated rings. The number of benzene rings is 1. The Morgan fingerprint density at radius 2 is 1.85 bits per heavy atom. The number of nitrogens with one attached hydrogen (secondary N) is 2. The first-order valence-corrected chi connectivity index (χ1v) is 12.7. The standard InChI is InChI=1S/C27H25F4N7O/c1-2-33-21-10-16(28)9-19-18(21)11-22-24(19)25(38-8-5-23(37-38)27(29,30)31)20(14-34-22)15-12-35-26(36-13-15)39-17-3-6-32-7-4-17/h5,8-10,12-14,17,32-33H,2-4,6-7,11H2,1H3. The van der Waals surface area contributed by atoms with Crippen LogP contribution in [0.15, 0.2) is 43.0 Å². The predicted octanol–water partition coefficient (Wildman–Crippen LogP) is 5.02. The van der Waals surface area contributed by atoms with Crippen LogP contribution in [0.2, 0.25) is 0 Å². The van der Waals surface area contributed by atoms with Crippen molar-refractivity contribution in [3.63, 3.8) is 0 Å². The summed E-state index contributed by atoms with van der Waals surface area (Å²) in [6.45, 7) is 4.19. The quantitative estimate of drug-likeness (QED) is 0.293. The van der Waals surface area contributed by atoms with Crippen LogP contribution in [0.5, 0.6) is 6.01 Å². The topological polar surface area (TPSA) is 89.8 Å². The largest absolute Gasteiger partial charge is 0.460 e. The normalized spacial score (nSPS) is 15.2. The molecular weight excluding hydrogens is 514 g/mol. The molecular formula is C27H25F4N7O. The molecule has 0 radical (unpaired) electrons. The van der Waals surface area contributed by atoms with Crippen LogP contribution in [0.1, 0.15) is 36.7 Å². The molecule has 0 atom stereocenters. The molecule has 1 aliphatic carbocycles. The molecule has 1 aliphatic heterocycles. The van der Waals surface area contributed by atoms with Crippen molar-refractivity contribution >= 4 is 5.69 Å². The van der Waals surface area contributed by atoms with Crippen LogP contribution in [0.4, 0.5) is 23.2 Å². The number of pyridine rings is 1. The molecule has 2 aliphatic rings. The summed E-state index contributed by atoms with van der Waals surface area (Å²) in [4.78, 5) is 13.3. The van der Waals surface area contributed by atoms with E-state index < -0.39 is 17.7 Å². The summed E-state index contributed by atoms with van der Waals surface area (Å²) < 4.78 is 62.3. The Labute approximate surface area is 221 Å². The summed E-state index contributed by atoms with van der Waals surface area (Å²) in [6.07, 6.45) is 3.40. The lowest BCUT2D eigenvalue weighted by molar-refractivity contribution is -0.141. The molecule has 3 aromatic heterocycles. The Morgan fingerprint density at radius 1 is 1.08 bits per heavy atom. The molecule has 1 aromatic carbocycles.